The predicted octanol–water partition coefficient (Wildman–Crippen LogP) is 2.49. The molecule has 0 spiro atoms. The summed E-state index contributed by atoms with van der Waals surface area (Å²) in [6.45, 7) is 2.60. The number of amides is 1. The zero-order chi connectivity index (χ0) is 18.5. The lowest BCUT2D eigenvalue weighted by Crippen LogP contribution is -2.40. The second-order valence-electron chi connectivity index (χ2n) is 5.95. The third-order valence-corrected chi connectivity index (χ3v) is 4.14. The van der Waals surface area contributed by atoms with Crippen LogP contribution in [0.5, 0.6) is 17.2 Å². The van der Waals surface area contributed by atoms with Gasteiger partial charge >= 0.3 is 0 Å². The minimum Gasteiger partial charge on any atom is -0.485 e. The van der Waals surface area contributed by atoms with E-state index in [1.54, 1.807) is 18.2 Å². The van der Waals surface area contributed by atoms with Gasteiger partial charge in [-0.15, -0.1) is 0 Å². The highest BCUT2D eigenvalue weighted by Crippen LogP contribution is 2.43. The van der Waals surface area contributed by atoms with E-state index in [-0.39, 0.29) is 19.2 Å². The van der Waals surface area contributed by atoms with Crippen LogP contribution in [0.2, 0.25) is 0 Å². The summed E-state index contributed by atoms with van der Waals surface area (Å²) in [5.41, 5.74) is 6.91. The molecule has 0 radical (unpaired) electrons. The number of hydrogen-bond donors (Lipinski definition) is 2. The van der Waals surface area contributed by atoms with Gasteiger partial charge in [0.05, 0.1) is 6.04 Å². The van der Waals surface area contributed by atoms with Gasteiger partial charge in [-0.25, -0.2) is 4.39 Å². The molecule has 0 saturated heterocycles. The molecular weight excluding hydrogens is 339 g/mol. The molecule has 3 rings (SSSR count). The van der Waals surface area contributed by atoms with Crippen LogP contribution in [-0.2, 0) is 17.9 Å². The lowest BCUT2D eigenvalue weighted by molar-refractivity contribution is -0.120. The van der Waals surface area contributed by atoms with Crippen LogP contribution in [0.4, 0.5) is 4.39 Å². The van der Waals surface area contributed by atoms with E-state index in [4.69, 9.17) is 19.9 Å². The topological polar surface area (TPSA) is 82.8 Å². The molecule has 1 aliphatic heterocycles. The molecule has 3 N–H and O–H groups in total. The van der Waals surface area contributed by atoms with E-state index in [0.29, 0.717) is 30.2 Å². The summed E-state index contributed by atoms with van der Waals surface area (Å²) >= 11 is 0. The third-order valence-electron chi connectivity index (χ3n) is 4.14. The first kappa shape index (κ1) is 18.0. The molecule has 138 valence electrons. The standard InChI is InChI=1S/C19H21FN2O4/c1-2-15(19(21)23)22-9-13-6-7-16(18-17(13)25-11-26-18)24-10-12-4-3-5-14(20)8-12/h3-8,15,22H,2,9-11H2,1H3,(H2,21,23). The Labute approximate surface area is 151 Å². The number of carbonyl (C=O) groups excluding carboxylic acids is 1. The first-order chi connectivity index (χ1) is 12.6. The average Bonchev–Trinajstić information content (AvgIpc) is 3.11. The zero-order valence-corrected chi connectivity index (χ0v) is 14.5. The van der Waals surface area contributed by atoms with Gasteiger partial charge in [0.15, 0.2) is 11.5 Å². The van der Waals surface area contributed by atoms with Crippen molar-refractivity contribution in [1.29, 1.82) is 0 Å². The smallest absolute Gasteiger partial charge is 0.234 e. The van der Waals surface area contributed by atoms with Gasteiger partial charge in [-0.2, -0.15) is 0 Å². The average molecular weight is 360 g/mol. The molecule has 1 amide bonds. The number of ether oxygens (including phenoxy) is 3. The van der Waals surface area contributed by atoms with Gasteiger partial charge in [0.25, 0.3) is 0 Å². The fourth-order valence-electron chi connectivity index (χ4n) is 2.75. The third kappa shape index (κ3) is 4.05. The molecule has 0 aromatic heterocycles. The number of carbonyl (C=O) groups is 1. The Morgan fingerprint density at radius 2 is 2.12 bits per heavy atom. The molecule has 1 aliphatic rings. The number of halogens is 1. The number of benzene rings is 2. The van der Waals surface area contributed by atoms with E-state index in [9.17, 15) is 9.18 Å². The molecule has 6 nitrogen and oxygen atoms in total. The molecule has 1 atom stereocenters. The lowest BCUT2D eigenvalue weighted by Gasteiger charge is -2.15. The molecule has 1 unspecified atom stereocenters. The lowest BCUT2D eigenvalue weighted by atomic mass is 10.1. The molecule has 1 heterocycles. The fourth-order valence-corrected chi connectivity index (χ4v) is 2.75. The van der Waals surface area contributed by atoms with E-state index in [1.807, 2.05) is 13.0 Å². The largest absolute Gasteiger partial charge is 0.485 e. The molecule has 2 aromatic rings. The molecule has 2 aromatic carbocycles. The van der Waals surface area contributed by atoms with Crippen LogP contribution < -0.4 is 25.3 Å². The monoisotopic (exact) mass is 360 g/mol. The highest BCUT2D eigenvalue weighted by atomic mass is 19.1. The molecule has 0 fully saturated rings. The number of rotatable bonds is 8. The number of nitrogens with two attached hydrogens (primary N) is 1. The minimum absolute atomic E-state index is 0.0930. The maximum Gasteiger partial charge on any atom is 0.234 e. The van der Waals surface area contributed by atoms with Crippen LogP contribution in [0.3, 0.4) is 0 Å². The van der Waals surface area contributed by atoms with Gasteiger partial charge < -0.3 is 25.3 Å². The van der Waals surface area contributed by atoms with E-state index < -0.39 is 11.9 Å². The Balaban J connectivity index is 1.71. The minimum atomic E-state index is -0.406. The zero-order valence-electron chi connectivity index (χ0n) is 14.5. The highest BCUT2D eigenvalue weighted by Gasteiger charge is 2.24. The molecule has 0 bridgehead atoms. The van der Waals surface area contributed by atoms with Crippen LogP contribution >= 0.6 is 0 Å². The normalized spacial score (nSPS) is 13.5. The Bertz CT molecular complexity index is 797. The molecule has 0 saturated carbocycles. The van der Waals surface area contributed by atoms with E-state index in [2.05, 4.69) is 5.32 Å². The van der Waals surface area contributed by atoms with Crippen molar-refractivity contribution in [1.82, 2.24) is 5.32 Å². The van der Waals surface area contributed by atoms with Gasteiger partial charge in [-0.05, 0) is 30.2 Å². The van der Waals surface area contributed by atoms with Gasteiger partial charge in [0, 0.05) is 12.1 Å². The summed E-state index contributed by atoms with van der Waals surface area (Å²) < 4.78 is 30.1. The maximum absolute atomic E-state index is 13.3. The van der Waals surface area contributed by atoms with E-state index in [0.717, 1.165) is 11.1 Å². The number of nitrogens with one attached hydrogen (secondary N) is 1. The summed E-state index contributed by atoms with van der Waals surface area (Å²) in [5.74, 6) is 0.905. The number of hydrogen-bond acceptors (Lipinski definition) is 5. The fraction of sp³-hybridized carbons (Fsp3) is 0.316. The Hall–Kier alpha value is -2.80. The quantitative estimate of drug-likeness (QED) is 0.756. The van der Waals surface area contributed by atoms with Crippen molar-refractivity contribution in [2.75, 3.05) is 6.79 Å². The molecule has 26 heavy (non-hydrogen) atoms. The van der Waals surface area contributed by atoms with E-state index in [1.165, 1.54) is 12.1 Å². The second-order valence-corrected chi connectivity index (χ2v) is 5.95. The summed E-state index contributed by atoms with van der Waals surface area (Å²) in [5, 5.41) is 3.11. The predicted molar refractivity (Wildman–Crippen MR) is 93.4 cm³/mol. The van der Waals surface area contributed by atoms with Crippen molar-refractivity contribution in [3.05, 3.63) is 53.3 Å². The van der Waals surface area contributed by atoms with Crippen molar-refractivity contribution in [2.45, 2.75) is 32.5 Å². The second kappa shape index (κ2) is 8.05. The Kier molecular flexibility index (Phi) is 5.58. The Morgan fingerprint density at radius 3 is 2.85 bits per heavy atom. The van der Waals surface area contributed by atoms with Gasteiger partial charge in [-0.1, -0.05) is 25.1 Å². The SMILES string of the molecule is CCC(NCc1ccc(OCc2cccc(F)c2)c2c1OCO2)C(N)=O. The van der Waals surface area contributed by atoms with Gasteiger partial charge in [-0.3, -0.25) is 4.79 Å². The molecule has 7 heteroatoms. The first-order valence-corrected chi connectivity index (χ1v) is 8.40. The Morgan fingerprint density at radius 1 is 1.31 bits per heavy atom. The van der Waals surface area contributed by atoms with Crippen molar-refractivity contribution >= 4 is 5.91 Å². The number of primary amides is 1. The van der Waals surface area contributed by atoms with Crippen LogP contribution in [0, 0.1) is 5.82 Å². The summed E-state index contributed by atoms with van der Waals surface area (Å²) in [6, 6.07) is 9.44. The summed E-state index contributed by atoms with van der Waals surface area (Å²) in [6.07, 6.45) is 0.601. The van der Waals surface area contributed by atoms with Crippen molar-refractivity contribution in [2.24, 2.45) is 5.73 Å². The van der Waals surface area contributed by atoms with Crippen molar-refractivity contribution in [3.8, 4) is 17.2 Å². The molecular formula is C19H21FN2O4. The van der Waals surface area contributed by atoms with Crippen molar-refractivity contribution < 1.29 is 23.4 Å². The first-order valence-electron chi connectivity index (χ1n) is 8.40. The van der Waals surface area contributed by atoms with Crippen LogP contribution in [-0.4, -0.2) is 18.7 Å². The number of fused-ring (bicyclic) bond motifs is 1. The highest BCUT2D eigenvalue weighted by molar-refractivity contribution is 5.79. The maximum atomic E-state index is 13.3. The van der Waals surface area contributed by atoms with Crippen molar-refractivity contribution in [3.63, 3.8) is 0 Å². The van der Waals surface area contributed by atoms with Gasteiger partial charge in [0.2, 0.25) is 18.4 Å². The molecule has 0 aliphatic carbocycles. The van der Waals surface area contributed by atoms with Crippen LogP contribution in [0.1, 0.15) is 24.5 Å². The van der Waals surface area contributed by atoms with Gasteiger partial charge in [0.1, 0.15) is 12.4 Å². The summed E-state index contributed by atoms with van der Waals surface area (Å²) in [4.78, 5) is 11.3. The van der Waals surface area contributed by atoms with Crippen LogP contribution in [0.15, 0.2) is 36.4 Å². The van der Waals surface area contributed by atoms with Crippen LogP contribution in [0.25, 0.3) is 0 Å². The summed E-state index contributed by atoms with van der Waals surface area (Å²) in [7, 11) is 0. The van der Waals surface area contributed by atoms with E-state index >= 15 is 0 Å².